The van der Waals surface area contributed by atoms with Crippen LogP contribution in [0.3, 0.4) is 0 Å². The molecule has 0 aliphatic heterocycles. The highest BCUT2D eigenvalue weighted by molar-refractivity contribution is 7.11. The summed E-state index contributed by atoms with van der Waals surface area (Å²) in [7, 11) is 1.29. The molecule has 0 amide bonds. The van der Waals surface area contributed by atoms with Crippen LogP contribution in [0.4, 0.5) is 0 Å². The molecule has 0 spiro atoms. The van der Waals surface area contributed by atoms with E-state index in [4.69, 9.17) is 0 Å². The number of methoxy groups -OCH3 is 1. The van der Waals surface area contributed by atoms with Crippen molar-refractivity contribution >= 4 is 17.3 Å². The van der Waals surface area contributed by atoms with Crippen molar-refractivity contribution in [1.82, 2.24) is 4.98 Å². The topological polar surface area (TPSA) is 59.2 Å². The number of carbonyl (C=O) groups excluding carboxylic acids is 1. The van der Waals surface area contributed by atoms with E-state index in [-0.39, 0.29) is 5.56 Å². The van der Waals surface area contributed by atoms with Crippen LogP contribution < -0.4 is 5.56 Å². The van der Waals surface area contributed by atoms with Gasteiger partial charge in [0.15, 0.2) is 0 Å². The molecule has 1 N–H and O–H groups in total. The van der Waals surface area contributed by atoms with Crippen LogP contribution >= 0.6 is 11.3 Å². The first-order chi connectivity index (χ1) is 6.74. The molecule has 14 heavy (non-hydrogen) atoms. The highest BCUT2D eigenvalue weighted by Gasteiger charge is 2.02. The highest BCUT2D eigenvalue weighted by Crippen LogP contribution is 2.02. The Morgan fingerprint density at radius 1 is 1.50 bits per heavy atom. The molecule has 0 aliphatic carbocycles. The summed E-state index contributed by atoms with van der Waals surface area (Å²) in [5.74, 6) is -0.471. The molecule has 0 saturated carbocycles. The zero-order chi connectivity index (χ0) is 10.4. The van der Waals surface area contributed by atoms with Gasteiger partial charge in [0.25, 0.3) is 0 Å². The first-order valence-electron chi connectivity index (χ1n) is 3.83. The lowest BCUT2D eigenvalue weighted by Crippen LogP contribution is -2.02. The Balaban J connectivity index is 3.28. The zero-order valence-corrected chi connectivity index (χ0v) is 8.34. The number of rotatable bonds is 1. The van der Waals surface area contributed by atoms with Crippen LogP contribution in [0.25, 0.3) is 0 Å². The van der Waals surface area contributed by atoms with Crippen LogP contribution in [0.15, 0.2) is 34.6 Å². The molecular weight excluding hydrogens is 202 g/mol. The minimum absolute atomic E-state index is 0.279. The van der Waals surface area contributed by atoms with Crippen LogP contribution in [0.5, 0.6) is 0 Å². The lowest BCUT2D eigenvalue weighted by molar-refractivity contribution is 0.0606. The SMILES string of the molecule is COC(=O)c1c[nH]c(=O)ccccs1. The number of carbonyl (C=O) groups is 1. The normalized spacial score (nSPS) is 8.93. The first kappa shape index (κ1) is 10.5. The maximum absolute atomic E-state index is 11.1. The average Bonchev–Trinajstić information content (AvgIpc) is 2.29. The molecule has 0 bridgehead atoms. The van der Waals surface area contributed by atoms with E-state index in [0.717, 1.165) is 0 Å². The van der Waals surface area contributed by atoms with Gasteiger partial charge in [-0.2, -0.15) is 0 Å². The maximum Gasteiger partial charge on any atom is 0.349 e. The van der Waals surface area contributed by atoms with Crippen LogP contribution in [0.2, 0.25) is 0 Å². The van der Waals surface area contributed by atoms with E-state index >= 15 is 0 Å². The zero-order valence-electron chi connectivity index (χ0n) is 7.52. The van der Waals surface area contributed by atoms with Crippen molar-refractivity contribution in [1.29, 1.82) is 0 Å². The van der Waals surface area contributed by atoms with Crippen molar-refractivity contribution in [2.75, 3.05) is 7.11 Å². The van der Waals surface area contributed by atoms with E-state index in [1.165, 1.54) is 30.7 Å². The van der Waals surface area contributed by atoms with Gasteiger partial charge in [-0.05, 0) is 5.38 Å². The van der Waals surface area contributed by atoms with Crippen LogP contribution in [-0.4, -0.2) is 18.1 Å². The lowest BCUT2D eigenvalue weighted by atomic mass is 10.5. The Kier molecular flexibility index (Phi) is 3.87. The number of hydrogen-bond donors (Lipinski definition) is 1. The molecule has 1 aromatic rings. The summed E-state index contributed by atoms with van der Waals surface area (Å²) in [6.45, 7) is 0. The fraction of sp³-hybridized carbons (Fsp3) is 0.111. The monoisotopic (exact) mass is 211 g/mol. The van der Waals surface area contributed by atoms with Crippen LogP contribution in [0, 0.1) is 0 Å². The Morgan fingerprint density at radius 2 is 2.29 bits per heavy atom. The molecule has 4 nitrogen and oxygen atoms in total. The summed E-state index contributed by atoms with van der Waals surface area (Å²) in [6.07, 6.45) is 1.33. The molecular formula is C9H9NO3S. The molecule has 1 rings (SSSR count). The number of esters is 1. The van der Waals surface area contributed by atoms with Crippen molar-refractivity contribution in [3.63, 3.8) is 0 Å². The van der Waals surface area contributed by atoms with Crippen LogP contribution in [-0.2, 0) is 4.74 Å². The standard InChI is InChI=1S/C9H9NO3S/c1-13-9(12)7-6-10-8(11)4-2-3-5-14-7/h2-6H,1H3,(H,10,11). The molecule has 0 fully saturated rings. The van der Waals surface area contributed by atoms with Crippen molar-refractivity contribution in [3.05, 3.63) is 45.0 Å². The minimum atomic E-state index is -0.471. The van der Waals surface area contributed by atoms with Gasteiger partial charge in [0.2, 0.25) is 5.56 Å². The molecule has 0 aromatic carbocycles. The van der Waals surface area contributed by atoms with Gasteiger partial charge in [-0.3, -0.25) is 4.79 Å². The number of ether oxygens (including phenoxy) is 1. The molecule has 5 heteroatoms. The second-order valence-corrected chi connectivity index (χ2v) is 3.26. The van der Waals surface area contributed by atoms with E-state index in [2.05, 4.69) is 9.72 Å². The third kappa shape index (κ3) is 3.02. The summed E-state index contributed by atoms with van der Waals surface area (Å²) >= 11 is 1.19. The quantitative estimate of drug-likeness (QED) is 0.713. The fourth-order valence-electron chi connectivity index (χ4n) is 0.727. The lowest BCUT2D eigenvalue weighted by Gasteiger charge is -1.92. The Hall–Kier alpha value is -1.62. The average molecular weight is 211 g/mol. The predicted octanol–water partition coefficient (Wildman–Crippen LogP) is 1.35. The smallest absolute Gasteiger partial charge is 0.349 e. The predicted molar refractivity (Wildman–Crippen MR) is 53.9 cm³/mol. The molecule has 0 saturated heterocycles. The number of nitrogens with one attached hydrogen (secondary N) is 1. The van der Waals surface area contributed by atoms with E-state index in [1.54, 1.807) is 17.5 Å². The van der Waals surface area contributed by atoms with Crippen LogP contribution in [0.1, 0.15) is 9.67 Å². The second-order valence-electron chi connectivity index (χ2n) is 2.31. The van der Waals surface area contributed by atoms with Gasteiger partial charge >= 0.3 is 5.97 Å². The first-order valence-corrected chi connectivity index (χ1v) is 4.71. The Morgan fingerprint density at radius 3 is 3.00 bits per heavy atom. The van der Waals surface area contributed by atoms with E-state index in [1.807, 2.05) is 0 Å². The van der Waals surface area contributed by atoms with Crippen molar-refractivity contribution in [2.24, 2.45) is 0 Å². The van der Waals surface area contributed by atoms with E-state index in [0.29, 0.717) is 4.88 Å². The number of H-pyrrole nitrogens is 1. The summed E-state index contributed by atoms with van der Waals surface area (Å²) in [5.41, 5.74) is -0.279. The molecule has 0 aliphatic rings. The molecule has 0 radical (unpaired) electrons. The largest absolute Gasteiger partial charge is 0.465 e. The van der Waals surface area contributed by atoms with Gasteiger partial charge in [-0.15, -0.1) is 11.3 Å². The molecule has 74 valence electrons. The molecule has 1 aromatic heterocycles. The highest BCUT2D eigenvalue weighted by atomic mass is 32.1. The Bertz CT molecular complexity index is 420. The van der Waals surface area contributed by atoms with Gasteiger partial charge in [0.1, 0.15) is 4.88 Å². The molecule has 0 unspecified atom stereocenters. The second kappa shape index (κ2) is 5.18. The Labute approximate surface area is 84.5 Å². The fourth-order valence-corrected chi connectivity index (χ4v) is 1.35. The maximum atomic E-state index is 11.1. The van der Waals surface area contributed by atoms with Gasteiger partial charge in [0, 0.05) is 12.3 Å². The summed E-state index contributed by atoms with van der Waals surface area (Å²) in [5, 5.41) is 1.69. The van der Waals surface area contributed by atoms with E-state index in [9.17, 15) is 9.59 Å². The number of hydrogen-bond acceptors (Lipinski definition) is 4. The summed E-state index contributed by atoms with van der Waals surface area (Å²) < 4.78 is 4.53. The summed E-state index contributed by atoms with van der Waals surface area (Å²) in [6, 6.07) is 4.64. The molecule has 1 heterocycles. The molecule has 0 atom stereocenters. The van der Waals surface area contributed by atoms with Gasteiger partial charge < -0.3 is 9.72 Å². The third-order valence-corrected chi connectivity index (χ3v) is 2.20. The van der Waals surface area contributed by atoms with Crippen molar-refractivity contribution in [3.8, 4) is 0 Å². The van der Waals surface area contributed by atoms with Gasteiger partial charge in [-0.1, -0.05) is 12.1 Å². The van der Waals surface area contributed by atoms with Gasteiger partial charge in [-0.25, -0.2) is 4.79 Å². The third-order valence-electron chi connectivity index (χ3n) is 1.36. The van der Waals surface area contributed by atoms with E-state index < -0.39 is 5.97 Å². The minimum Gasteiger partial charge on any atom is -0.465 e. The summed E-state index contributed by atoms with van der Waals surface area (Å²) in [4.78, 5) is 24.9. The van der Waals surface area contributed by atoms with Crippen molar-refractivity contribution in [2.45, 2.75) is 0 Å². The van der Waals surface area contributed by atoms with Crippen molar-refractivity contribution < 1.29 is 9.53 Å². The number of aromatic amines is 1. The van der Waals surface area contributed by atoms with Gasteiger partial charge in [0.05, 0.1) is 7.11 Å². The number of aromatic nitrogens is 1.